The molecule has 0 radical (unpaired) electrons. The Morgan fingerprint density at radius 2 is 1.91 bits per heavy atom. The van der Waals surface area contributed by atoms with Gasteiger partial charge in [0.05, 0.1) is 35.7 Å². The van der Waals surface area contributed by atoms with Crippen molar-refractivity contribution in [3.63, 3.8) is 0 Å². The van der Waals surface area contributed by atoms with Gasteiger partial charge in [-0.2, -0.15) is 13.2 Å². The van der Waals surface area contributed by atoms with Crippen LogP contribution in [0.25, 0.3) is 5.69 Å². The van der Waals surface area contributed by atoms with Crippen molar-refractivity contribution in [1.29, 1.82) is 0 Å². The minimum Gasteiger partial charge on any atom is -0.469 e. The fourth-order valence-electron chi connectivity index (χ4n) is 3.01. The zero-order chi connectivity index (χ0) is 25.4. The molecular formula is C19H15ClF4N4O5S. The minimum atomic E-state index is -4.98. The van der Waals surface area contributed by atoms with Gasteiger partial charge in [-0.05, 0) is 12.1 Å². The summed E-state index contributed by atoms with van der Waals surface area (Å²) in [6.07, 6.45) is -5.11. The van der Waals surface area contributed by atoms with Crippen LogP contribution in [0.5, 0.6) is 0 Å². The molecule has 0 aliphatic carbocycles. The van der Waals surface area contributed by atoms with E-state index in [0.29, 0.717) is 0 Å². The van der Waals surface area contributed by atoms with E-state index in [-0.39, 0.29) is 55.7 Å². The number of hydrogen-bond donors (Lipinski definition) is 0. The maximum Gasteiger partial charge on any atom is 0.431 e. The van der Waals surface area contributed by atoms with Gasteiger partial charge in [0.15, 0.2) is 5.17 Å². The monoisotopic (exact) mass is 522 g/mol. The SMILES string of the molecule is COC(=O)CCN1C(=O)CS/C1=N\c1cc(-n2c(=O)cc(C(F)(F)F)n(C)c2=O)c(F)cc1Cl. The van der Waals surface area contributed by atoms with E-state index in [9.17, 15) is 36.7 Å². The van der Waals surface area contributed by atoms with Crippen molar-refractivity contribution in [2.45, 2.75) is 12.6 Å². The number of methoxy groups -OCH3 is 1. The molecule has 0 spiro atoms. The van der Waals surface area contributed by atoms with Crippen molar-refractivity contribution in [2.24, 2.45) is 12.0 Å². The minimum absolute atomic E-state index is 0.00455. The number of carbonyl (C=O) groups excluding carboxylic acids is 2. The zero-order valence-electron chi connectivity index (χ0n) is 17.5. The summed E-state index contributed by atoms with van der Waals surface area (Å²) in [5, 5.41) is -0.139. The average molecular weight is 523 g/mol. The van der Waals surface area contributed by atoms with Gasteiger partial charge in [-0.1, -0.05) is 23.4 Å². The number of amides is 1. The standard InChI is InChI=1S/C19H15ClF4N4O5S/c1-26-13(19(22,23)24)7-14(29)28(18(26)32)12-6-11(9(20)5-10(12)21)25-17-27(15(30)8-34-17)4-3-16(31)33-2/h5-7H,3-4,8H2,1-2H3/b25-17-. The van der Waals surface area contributed by atoms with Crippen LogP contribution < -0.4 is 11.2 Å². The van der Waals surface area contributed by atoms with Gasteiger partial charge in [-0.3, -0.25) is 23.9 Å². The van der Waals surface area contributed by atoms with E-state index in [1.807, 2.05) is 0 Å². The Kier molecular flexibility index (Phi) is 7.21. The molecule has 2 aromatic rings. The van der Waals surface area contributed by atoms with E-state index in [0.717, 1.165) is 30.9 Å². The topological polar surface area (TPSA) is 103 Å². The molecule has 1 aliphatic heterocycles. The van der Waals surface area contributed by atoms with Crippen LogP contribution in [0.1, 0.15) is 12.1 Å². The van der Waals surface area contributed by atoms with Crippen molar-refractivity contribution >= 4 is 46.1 Å². The molecular weight excluding hydrogens is 508 g/mol. The summed E-state index contributed by atoms with van der Waals surface area (Å²) in [6.45, 7) is -0.0537. The molecule has 1 aromatic carbocycles. The molecule has 1 fully saturated rings. The number of nitrogens with zero attached hydrogens (tertiary/aromatic N) is 4. The lowest BCUT2D eigenvalue weighted by Gasteiger charge is -2.16. The average Bonchev–Trinajstić information content (AvgIpc) is 3.10. The summed E-state index contributed by atoms with van der Waals surface area (Å²) in [5.41, 5.74) is -5.20. The summed E-state index contributed by atoms with van der Waals surface area (Å²) in [5.74, 6) is -2.09. The van der Waals surface area contributed by atoms with Crippen LogP contribution in [0.2, 0.25) is 5.02 Å². The van der Waals surface area contributed by atoms with Gasteiger partial charge in [0.25, 0.3) is 5.56 Å². The van der Waals surface area contributed by atoms with Gasteiger partial charge < -0.3 is 4.74 Å². The third-order valence-electron chi connectivity index (χ3n) is 4.71. The van der Waals surface area contributed by atoms with Gasteiger partial charge >= 0.3 is 17.8 Å². The van der Waals surface area contributed by atoms with E-state index in [4.69, 9.17) is 11.6 Å². The summed E-state index contributed by atoms with van der Waals surface area (Å²) < 4.78 is 58.8. The lowest BCUT2D eigenvalue weighted by atomic mass is 10.2. The highest BCUT2D eigenvalue weighted by Crippen LogP contribution is 2.33. The zero-order valence-corrected chi connectivity index (χ0v) is 19.1. The number of hydrogen-bond acceptors (Lipinski definition) is 7. The highest BCUT2D eigenvalue weighted by molar-refractivity contribution is 8.15. The van der Waals surface area contributed by atoms with Crippen molar-refractivity contribution in [1.82, 2.24) is 14.0 Å². The van der Waals surface area contributed by atoms with E-state index < -0.39 is 40.6 Å². The van der Waals surface area contributed by atoms with Crippen LogP contribution in [0.3, 0.4) is 0 Å². The highest BCUT2D eigenvalue weighted by atomic mass is 35.5. The molecule has 3 rings (SSSR count). The molecule has 2 heterocycles. The van der Waals surface area contributed by atoms with Crippen LogP contribution >= 0.6 is 23.4 Å². The lowest BCUT2D eigenvalue weighted by molar-refractivity contribution is -0.144. The number of rotatable bonds is 5. The number of benzene rings is 1. The third-order valence-corrected chi connectivity index (χ3v) is 5.97. The number of alkyl halides is 3. The second-order valence-electron chi connectivity index (χ2n) is 6.85. The molecule has 9 nitrogen and oxygen atoms in total. The second kappa shape index (κ2) is 9.62. The molecule has 0 saturated carbocycles. The van der Waals surface area contributed by atoms with Crippen LogP contribution in [-0.4, -0.2) is 50.5 Å². The Hall–Kier alpha value is -3.13. The number of carbonyl (C=O) groups is 2. The second-order valence-corrected chi connectivity index (χ2v) is 8.20. The normalized spacial score (nSPS) is 15.3. The fourth-order valence-corrected chi connectivity index (χ4v) is 4.13. The molecule has 0 bridgehead atoms. The number of aliphatic imine (C=N–C) groups is 1. The molecule has 182 valence electrons. The van der Waals surface area contributed by atoms with Crippen LogP contribution in [0, 0.1) is 5.82 Å². The number of thioether (sulfide) groups is 1. The largest absolute Gasteiger partial charge is 0.469 e. The summed E-state index contributed by atoms with van der Waals surface area (Å²) in [6, 6.07) is 1.81. The van der Waals surface area contributed by atoms with Crippen molar-refractivity contribution in [3.8, 4) is 5.69 Å². The molecule has 34 heavy (non-hydrogen) atoms. The van der Waals surface area contributed by atoms with Gasteiger partial charge in [0, 0.05) is 19.7 Å². The Morgan fingerprint density at radius 3 is 2.53 bits per heavy atom. The van der Waals surface area contributed by atoms with Crippen LogP contribution in [0.4, 0.5) is 23.2 Å². The Morgan fingerprint density at radius 1 is 1.24 bits per heavy atom. The number of esters is 1. The van der Waals surface area contributed by atoms with Gasteiger partial charge in [-0.15, -0.1) is 0 Å². The Labute approximate surface area is 197 Å². The van der Waals surface area contributed by atoms with Crippen LogP contribution in [0.15, 0.2) is 32.8 Å². The van der Waals surface area contributed by atoms with Gasteiger partial charge in [0.1, 0.15) is 11.5 Å². The van der Waals surface area contributed by atoms with Crippen molar-refractivity contribution in [3.05, 3.63) is 55.6 Å². The molecule has 1 aromatic heterocycles. The van der Waals surface area contributed by atoms with E-state index >= 15 is 0 Å². The number of amidine groups is 1. The predicted molar refractivity (Wildman–Crippen MR) is 115 cm³/mol. The predicted octanol–water partition coefficient (Wildman–Crippen LogP) is 2.47. The Balaban J connectivity index is 2.10. The van der Waals surface area contributed by atoms with Crippen LogP contribution in [-0.2, 0) is 27.5 Å². The molecule has 15 heteroatoms. The summed E-state index contributed by atoms with van der Waals surface area (Å²) in [7, 11) is 1.97. The first-order chi connectivity index (χ1) is 15.8. The van der Waals surface area contributed by atoms with Gasteiger partial charge in [0.2, 0.25) is 5.91 Å². The number of ether oxygens (including phenoxy) is 1. The quantitative estimate of drug-likeness (QED) is 0.441. The summed E-state index contributed by atoms with van der Waals surface area (Å²) in [4.78, 5) is 53.8. The first kappa shape index (κ1) is 25.5. The number of aromatic nitrogens is 2. The maximum atomic E-state index is 14.7. The molecule has 0 unspecified atom stereocenters. The first-order valence-electron chi connectivity index (χ1n) is 9.33. The number of halogens is 5. The molecule has 1 saturated heterocycles. The van der Waals surface area contributed by atoms with E-state index in [1.54, 1.807) is 0 Å². The smallest absolute Gasteiger partial charge is 0.431 e. The lowest BCUT2D eigenvalue weighted by Crippen LogP contribution is -2.41. The molecule has 1 amide bonds. The van der Waals surface area contributed by atoms with Crippen molar-refractivity contribution < 1.29 is 31.9 Å². The fraction of sp³-hybridized carbons (Fsp3) is 0.316. The molecule has 0 N–H and O–H groups in total. The third kappa shape index (κ3) is 5.01. The molecule has 0 atom stereocenters. The van der Waals surface area contributed by atoms with Gasteiger partial charge in [-0.25, -0.2) is 18.7 Å². The summed E-state index contributed by atoms with van der Waals surface area (Å²) >= 11 is 7.05. The highest BCUT2D eigenvalue weighted by Gasteiger charge is 2.35. The molecule has 1 aliphatic rings. The van der Waals surface area contributed by atoms with E-state index in [2.05, 4.69) is 9.73 Å². The van der Waals surface area contributed by atoms with Crippen molar-refractivity contribution in [2.75, 3.05) is 19.4 Å². The van der Waals surface area contributed by atoms with E-state index in [1.165, 1.54) is 12.0 Å². The Bertz CT molecular complexity index is 1320. The maximum absolute atomic E-state index is 14.7. The first-order valence-corrected chi connectivity index (χ1v) is 10.7.